The SMILES string of the molecule is CC(C)c1nc(CN(C)C(CN)C2CC2)cs1.Cl.Cl. The van der Waals surface area contributed by atoms with E-state index in [2.05, 4.69) is 36.2 Å². The molecule has 0 bridgehead atoms. The number of nitrogens with two attached hydrogens (primary N) is 1. The van der Waals surface area contributed by atoms with Crippen molar-refractivity contribution in [2.45, 2.75) is 45.2 Å². The molecule has 1 aliphatic carbocycles. The summed E-state index contributed by atoms with van der Waals surface area (Å²) in [6.45, 7) is 6.09. The fraction of sp³-hybridized carbons (Fsp3) is 0.769. The van der Waals surface area contributed by atoms with E-state index in [0.29, 0.717) is 12.0 Å². The van der Waals surface area contributed by atoms with Gasteiger partial charge in [0.15, 0.2) is 0 Å². The molecule has 1 unspecified atom stereocenters. The molecule has 3 nitrogen and oxygen atoms in total. The normalized spacial score (nSPS) is 16.1. The molecule has 0 radical (unpaired) electrons. The molecular weight excluding hydrogens is 301 g/mol. The van der Waals surface area contributed by atoms with Gasteiger partial charge >= 0.3 is 0 Å². The summed E-state index contributed by atoms with van der Waals surface area (Å²) >= 11 is 1.77. The van der Waals surface area contributed by atoms with Crippen LogP contribution in [0.3, 0.4) is 0 Å². The highest BCUT2D eigenvalue weighted by atomic mass is 35.5. The van der Waals surface area contributed by atoms with Gasteiger partial charge in [0.2, 0.25) is 0 Å². The molecule has 1 atom stereocenters. The van der Waals surface area contributed by atoms with Crippen LogP contribution in [-0.4, -0.2) is 29.5 Å². The van der Waals surface area contributed by atoms with Crippen LogP contribution in [-0.2, 0) is 6.54 Å². The van der Waals surface area contributed by atoms with E-state index in [0.717, 1.165) is 19.0 Å². The zero-order valence-corrected chi connectivity index (χ0v) is 14.3. The minimum absolute atomic E-state index is 0. The van der Waals surface area contributed by atoms with E-state index in [-0.39, 0.29) is 24.8 Å². The van der Waals surface area contributed by atoms with Crippen molar-refractivity contribution in [1.82, 2.24) is 9.88 Å². The molecule has 0 aromatic carbocycles. The monoisotopic (exact) mass is 325 g/mol. The van der Waals surface area contributed by atoms with E-state index in [1.807, 2.05) is 0 Å². The van der Waals surface area contributed by atoms with Crippen LogP contribution in [0.1, 0.15) is 43.3 Å². The third kappa shape index (κ3) is 5.20. The van der Waals surface area contributed by atoms with E-state index in [4.69, 9.17) is 5.73 Å². The third-order valence-electron chi connectivity index (χ3n) is 3.45. The first-order chi connectivity index (χ1) is 8.11. The molecular formula is C13H25Cl2N3S. The van der Waals surface area contributed by atoms with Crippen LogP contribution in [0.15, 0.2) is 5.38 Å². The maximum Gasteiger partial charge on any atom is 0.0954 e. The Kier molecular flexibility index (Phi) is 8.48. The van der Waals surface area contributed by atoms with Crippen molar-refractivity contribution in [3.8, 4) is 0 Å². The Morgan fingerprint density at radius 1 is 1.42 bits per heavy atom. The second-order valence-corrected chi connectivity index (χ2v) is 6.28. The predicted octanol–water partition coefficient (Wildman–Crippen LogP) is 3.28. The van der Waals surface area contributed by atoms with Crippen LogP contribution in [0.4, 0.5) is 0 Å². The Hall–Kier alpha value is 0.130. The second-order valence-electron chi connectivity index (χ2n) is 5.39. The van der Waals surface area contributed by atoms with Gasteiger partial charge in [0.25, 0.3) is 0 Å². The average molecular weight is 326 g/mol. The van der Waals surface area contributed by atoms with Crippen molar-refractivity contribution in [2.75, 3.05) is 13.6 Å². The number of thiazole rings is 1. The van der Waals surface area contributed by atoms with Crippen LogP contribution >= 0.6 is 36.2 Å². The average Bonchev–Trinajstić information content (AvgIpc) is 2.98. The van der Waals surface area contributed by atoms with Gasteiger partial charge in [-0.3, -0.25) is 4.90 Å². The lowest BCUT2D eigenvalue weighted by molar-refractivity contribution is 0.213. The van der Waals surface area contributed by atoms with Gasteiger partial charge in [-0.05, 0) is 25.8 Å². The lowest BCUT2D eigenvalue weighted by Crippen LogP contribution is -2.39. The van der Waals surface area contributed by atoms with Gasteiger partial charge in [0, 0.05) is 30.4 Å². The quantitative estimate of drug-likeness (QED) is 0.872. The van der Waals surface area contributed by atoms with Gasteiger partial charge in [-0.15, -0.1) is 36.2 Å². The maximum atomic E-state index is 5.86. The Balaban J connectivity index is 0.00000162. The van der Waals surface area contributed by atoms with Crippen LogP contribution in [0.2, 0.25) is 0 Å². The van der Waals surface area contributed by atoms with Crippen molar-refractivity contribution in [1.29, 1.82) is 0 Å². The van der Waals surface area contributed by atoms with Crippen molar-refractivity contribution >= 4 is 36.2 Å². The number of hydrogen-bond donors (Lipinski definition) is 1. The van der Waals surface area contributed by atoms with Gasteiger partial charge in [0.05, 0.1) is 10.7 Å². The Morgan fingerprint density at radius 3 is 2.47 bits per heavy atom. The largest absolute Gasteiger partial charge is 0.329 e. The molecule has 112 valence electrons. The molecule has 1 aromatic heterocycles. The van der Waals surface area contributed by atoms with Crippen molar-refractivity contribution in [2.24, 2.45) is 11.7 Å². The van der Waals surface area contributed by atoms with E-state index >= 15 is 0 Å². The van der Waals surface area contributed by atoms with Crippen LogP contribution in [0, 0.1) is 5.92 Å². The van der Waals surface area contributed by atoms with Gasteiger partial charge in [-0.2, -0.15) is 0 Å². The van der Waals surface area contributed by atoms with Crippen LogP contribution in [0.25, 0.3) is 0 Å². The lowest BCUT2D eigenvalue weighted by Gasteiger charge is -2.26. The molecule has 19 heavy (non-hydrogen) atoms. The zero-order valence-electron chi connectivity index (χ0n) is 11.8. The molecule has 0 saturated heterocycles. The van der Waals surface area contributed by atoms with Crippen LogP contribution in [0.5, 0.6) is 0 Å². The molecule has 1 fully saturated rings. The number of hydrogen-bond acceptors (Lipinski definition) is 4. The highest BCUT2D eigenvalue weighted by Gasteiger charge is 2.32. The van der Waals surface area contributed by atoms with Crippen molar-refractivity contribution in [3.05, 3.63) is 16.1 Å². The van der Waals surface area contributed by atoms with Gasteiger partial charge in [-0.1, -0.05) is 13.8 Å². The van der Waals surface area contributed by atoms with E-state index < -0.39 is 0 Å². The number of aromatic nitrogens is 1. The summed E-state index contributed by atoms with van der Waals surface area (Å²) in [5.74, 6) is 1.36. The summed E-state index contributed by atoms with van der Waals surface area (Å²) in [6.07, 6.45) is 2.70. The Morgan fingerprint density at radius 2 is 2.05 bits per heavy atom. The molecule has 1 aliphatic rings. The van der Waals surface area contributed by atoms with E-state index in [1.54, 1.807) is 11.3 Å². The summed E-state index contributed by atoms with van der Waals surface area (Å²) in [6, 6.07) is 0.541. The summed E-state index contributed by atoms with van der Waals surface area (Å²) < 4.78 is 0. The first-order valence-corrected chi connectivity index (χ1v) is 7.34. The molecule has 2 N–H and O–H groups in total. The van der Waals surface area contributed by atoms with E-state index in [1.165, 1.54) is 23.5 Å². The summed E-state index contributed by atoms with van der Waals surface area (Å²) in [7, 11) is 2.17. The third-order valence-corrected chi connectivity index (χ3v) is 4.64. The molecule has 1 saturated carbocycles. The summed E-state index contributed by atoms with van der Waals surface area (Å²) in [5, 5.41) is 3.43. The first-order valence-electron chi connectivity index (χ1n) is 6.46. The summed E-state index contributed by atoms with van der Waals surface area (Å²) in [5.41, 5.74) is 7.06. The molecule has 2 rings (SSSR count). The fourth-order valence-electron chi connectivity index (χ4n) is 2.25. The molecule has 0 amide bonds. The maximum absolute atomic E-state index is 5.86. The number of likely N-dealkylation sites (N-methyl/N-ethyl adjacent to an activating group) is 1. The number of nitrogens with zero attached hydrogens (tertiary/aromatic N) is 2. The van der Waals surface area contributed by atoms with Gasteiger partial charge < -0.3 is 5.73 Å². The molecule has 6 heteroatoms. The van der Waals surface area contributed by atoms with E-state index in [9.17, 15) is 0 Å². The number of halogens is 2. The minimum atomic E-state index is 0. The summed E-state index contributed by atoms with van der Waals surface area (Å²) in [4.78, 5) is 7.05. The molecule has 1 aromatic rings. The smallest absolute Gasteiger partial charge is 0.0954 e. The Labute approximate surface area is 132 Å². The predicted molar refractivity (Wildman–Crippen MR) is 87.7 cm³/mol. The lowest BCUT2D eigenvalue weighted by atomic mass is 10.1. The standard InChI is InChI=1S/C13H23N3S.2ClH/c1-9(2)13-15-11(8-17-13)7-16(3)12(6-14)10-4-5-10;;/h8-10,12H,4-7,14H2,1-3H3;2*1H. The molecule has 1 heterocycles. The minimum Gasteiger partial charge on any atom is -0.329 e. The van der Waals surface area contributed by atoms with Crippen molar-refractivity contribution < 1.29 is 0 Å². The molecule has 0 spiro atoms. The topological polar surface area (TPSA) is 42.2 Å². The zero-order chi connectivity index (χ0) is 12.4. The first kappa shape index (κ1) is 19.1. The van der Waals surface area contributed by atoms with Crippen molar-refractivity contribution in [3.63, 3.8) is 0 Å². The van der Waals surface area contributed by atoms with Gasteiger partial charge in [0.1, 0.15) is 0 Å². The number of rotatable bonds is 6. The highest BCUT2D eigenvalue weighted by molar-refractivity contribution is 7.09. The highest BCUT2D eigenvalue weighted by Crippen LogP contribution is 2.35. The van der Waals surface area contributed by atoms with Crippen LogP contribution < -0.4 is 5.73 Å². The Bertz CT molecular complexity index is 367. The fourth-order valence-corrected chi connectivity index (χ4v) is 3.07. The van der Waals surface area contributed by atoms with Gasteiger partial charge in [-0.25, -0.2) is 4.98 Å². The molecule has 0 aliphatic heterocycles. The second kappa shape index (κ2) is 8.42.